The molecule has 1 aliphatic rings. The van der Waals surface area contributed by atoms with Gasteiger partial charge >= 0.3 is 6.18 Å². The fourth-order valence-corrected chi connectivity index (χ4v) is 3.25. The molecule has 1 aromatic heterocycles. The molecule has 1 aromatic carbocycles. The molecule has 0 amide bonds. The van der Waals surface area contributed by atoms with Gasteiger partial charge in [0.2, 0.25) is 0 Å². The van der Waals surface area contributed by atoms with E-state index >= 15 is 0 Å². The van der Waals surface area contributed by atoms with Gasteiger partial charge in [0.05, 0.1) is 11.8 Å². The summed E-state index contributed by atoms with van der Waals surface area (Å²) >= 11 is 0. The van der Waals surface area contributed by atoms with Crippen molar-refractivity contribution in [3.63, 3.8) is 0 Å². The Morgan fingerprint density at radius 2 is 2.19 bits per heavy atom. The lowest BCUT2D eigenvalue weighted by Gasteiger charge is -2.22. The smallest absolute Gasteiger partial charge is 0.352 e. The third-order valence-corrected chi connectivity index (χ3v) is 4.60. The number of nitrogens with zero attached hydrogens (tertiary/aromatic N) is 4. The summed E-state index contributed by atoms with van der Waals surface area (Å²) in [7, 11) is 3.58. The van der Waals surface area contributed by atoms with E-state index < -0.39 is 11.7 Å². The molecule has 1 fully saturated rings. The predicted octanol–water partition coefficient (Wildman–Crippen LogP) is 3.00. The molecule has 8 heteroatoms. The fourth-order valence-electron chi connectivity index (χ4n) is 3.25. The van der Waals surface area contributed by atoms with E-state index in [1.54, 1.807) is 17.8 Å². The molecule has 1 unspecified atom stereocenters. The largest absolute Gasteiger partial charge is 0.416 e. The van der Waals surface area contributed by atoms with Crippen LogP contribution in [0, 0.1) is 0 Å². The van der Waals surface area contributed by atoms with Crippen LogP contribution >= 0.6 is 0 Å². The van der Waals surface area contributed by atoms with Gasteiger partial charge in [0.25, 0.3) is 0 Å². The summed E-state index contributed by atoms with van der Waals surface area (Å²) in [5, 5.41) is 7.39. The van der Waals surface area contributed by atoms with Gasteiger partial charge in [-0.05, 0) is 29.7 Å². The molecule has 0 spiro atoms. The summed E-state index contributed by atoms with van der Waals surface area (Å²) in [6.07, 6.45) is 0.569. The van der Waals surface area contributed by atoms with Crippen molar-refractivity contribution in [1.29, 1.82) is 0 Å². The van der Waals surface area contributed by atoms with Gasteiger partial charge in [-0.25, -0.2) is 0 Å². The van der Waals surface area contributed by atoms with Gasteiger partial charge < -0.3 is 10.2 Å². The highest BCUT2D eigenvalue weighted by Gasteiger charge is 2.30. The zero-order chi connectivity index (χ0) is 18.7. The molecule has 5 nitrogen and oxygen atoms in total. The Kier molecular flexibility index (Phi) is 5.20. The number of aromatic nitrogens is 2. The van der Waals surface area contributed by atoms with Gasteiger partial charge in [0.1, 0.15) is 0 Å². The van der Waals surface area contributed by atoms with Crippen LogP contribution in [0.5, 0.6) is 0 Å². The van der Waals surface area contributed by atoms with Gasteiger partial charge in [0, 0.05) is 45.8 Å². The maximum Gasteiger partial charge on any atom is 0.416 e. The zero-order valence-corrected chi connectivity index (χ0v) is 14.8. The van der Waals surface area contributed by atoms with Crippen LogP contribution in [-0.4, -0.2) is 40.8 Å². The second kappa shape index (κ2) is 7.39. The Morgan fingerprint density at radius 3 is 2.85 bits per heavy atom. The van der Waals surface area contributed by atoms with Gasteiger partial charge in [-0.2, -0.15) is 18.3 Å². The Labute approximate surface area is 150 Å². The van der Waals surface area contributed by atoms with Crippen molar-refractivity contribution in [3.05, 3.63) is 53.3 Å². The number of aryl methyl sites for hydroxylation is 1. The molecule has 2 heterocycles. The highest BCUT2D eigenvalue weighted by atomic mass is 19.4. The number of hydrogen-bond donors (Lipinski definition) is 1. The highest BCUT2D eigenvalue weighted by Crippen LogP contribution is 2.30. The average Bonchev–Trinajstić information content (AvgIpc) is 3.24. The second-order valence-electron chi connectivity index (χ2n) is 6.48. The van der Waals surface area contributed by atoms with Crippen molar-refractivity contribution in [2.75, 3.05) is 20.1 Å². The van der Waals surface area contributed by atoms with Crippen molar-refractivity contribution < 1.29 is 13.2 Å². The number of benzene rings is 1. The van der Waals surface area contributed by atoms with Crippen LogP contribution in [0.3, 0.4) is 0 Å². The van der Waals surface area contributed by atoms with E-state index in [2.05, 4.69) is 20.3 Å². The summed E-state index contributed by atoms with van der Waals surface area (Å²) in [5.74, 6) is 1.09. The third kappa shape index (κ3) is 4.17. The monoisotopic (exact) mass is 365 g/mol. The highest BCUT2D eigenvalue weighted by molar-refractivity contribution is 5.80. The van der Waals surface area contributed by atoms with Crippen LogP contribution in [0.1, 0.15) is 29.0 Å². The van der Waals surface area contributed by atoms with Crippen molar-refractivity contribution in [3.8, 4) is 0 Å². The Hall–Kier alpha value is -2.51. The maximum atomic E-state index is 12.8. The first-order valence-electron chi connectivity index (χ1n) is 8.47. The average molecular weight is 365 g/mol. The van der Waals surface area contributed by atoms with E-state index in [1.807, 2.05) is 19.4 Å². The fraction of sp³-hybridized carbons (Fsp3) is 0.444. The lowest BCUT2D eigenvalue weighted by atomic mass is 10.0. The molecule has 3 rings (SSSR count). The first kappa shape index (κ1) is 18.3. The van der Waals surface area contributed by atoms with Crippen molar-refractivity contribution in [1.82, 2.24) is 20.0 Å². The lowest BCUT2D eigenvalue weighted by Crippen LogP contribution is -2.39. The number of hydrogen-bond acceptors (Lipinski definition) is 2. The minimum Gasteiger partial charge on any atom is -0.352 e. The normalized spacial score (nSPS) is 18.4. The van der Waals surface area contributed by atoms with Crippen LogP contribution in [0.25, 0.3) is 0 Å². The Morgan fingerprint density at radius 1 is 1.38 bits per heavy atom. The topological polar surface area (TPSA) is 45.5 Å². The number of guanidine groups is 1. The van der Waals surface area contributed by atoms with Crippen LogP contribution < -0.4 is 5.32 Å². The molecular weight excluding hydrogens is 343 g/mol. The Balaban J connectivity index is 1.61. The molecule has 0 radical (unpaired) electrons. The molecule has 26 heavy (non-hydrogen) atoms. The predicted molar refractivity (Wildman–Crippen MR) is 93.8 cm³/mol. The quantitative estimate of drug-likeness (QED) is 0.672. The van der Waals surface area contributed by atoms with Gasteiger partial charge in [0.15, 0.2) is 5.96 Å². The zero-order valence-electron chi connectivity index (χ0n) is 14.8. The minimum atomic E-state index is -4.33. The first-order valence-corrected chi connectivity index (χ1v) is 8.47. The molecule has 0 aliphatic carbocycles. The van der Waals surface area contributed by atoms with E-state index in [0.717, 1.165) is 25.6 Å². The maximum absolute atomic E-state index is 12.8. The van der Waals surface area contributed by atoms with E-state index in [4.69, 9.17) is 0 Å². The number of halogens is 3. The number of alkyl halides is 3. The van der Waals surface area contributed by atoms with Crippen LogP contribution in [0.15, 0.2) is 41.7 Å². The molecule has 140 valence electrons. The van der Waals surface area contributed by atoms with Crippen LogP contribution in [-0.2, 0) is 19.8 Å². The number of aliphatic imine (C=N–C) groups is 1. The van der Waals surface area contributed by atoms with E-state index in [0.29, 0.717) is 24.0 Å². The molecule has 1 aliphatic heterocycles. The number of nitrogens with one attached hydrogen (secondary N) is 1. The van der Waals surface area contributed by atoms with Gasteiger partial charge in [-0.3, -0.25) is 9.67 Å². The summed E-state index contributed by atoms with van der Waals surface area (Å²) < 4.78 is 40.3. The third-order valence-electron chi connectivity index (χ3n) is 4.60. The number of rotatable bonds is 3. The molecule has 0 bridgehead atoms. The van der Waals surface area contributed by atoms with E-state index in [-0.39, 0.29) is 0 Å². The SMILES string of the molecule is CN=C(NCc1cccc(C(F)(F)F)c1)N1CCC(c2cnn(C)c2)C1. The van der Waals surface area contributed by atoms with Crippen LogP contribution in [0.2, 0.25) is 0 Å². The first-order chi connectivity index (χ1) is 12.4. The summed E-state index contributed by atoms with van der Waals surface area (Å²) in [4.78, 5) is 6.41. The lowest BCUT2D eigenvalue weighted by molar-refractivity contribution is -0.137. The summed E-state index contributed by atoms with van der Waals surface area (Å²) in [6.45, 7) is 1.96. The van der Waals surface area contributed by atoms with Crippen molar-refractivity contribution in [2.45, 2.75) is 25.1 Å². The van der Waals surface area contributed by atoms with Gasteiger partial charge in [-0.1, -0.05) is 12.1 Å². The summed E-state index contributed by atoms with van der Waals surface area (Å²) in [6, 6.07) is 5.36. The Bertz CT molecular complexity index is 781. The molecule has 1 saturated heterocycles. The molecular formula is C18H22F3N5. The molecule has 1 N–H and O–H groups in total. The standard InChI is InChI=1S/C18H22F3N5/c1-22-17(23-9-13-4-3-5-16(8-13)18(19,20)21)26-7-6-14(12-26)15-10-24-25(2)11-15/h3-5,8,10-11,14H,6-7,9,12H2,1-2H3,(H,22,23). The minimum absolute atomic E-state index is 0.296. The molecule has 1 atom stereocenters. The second-order valence-corrected chi connectivity index (χ2v) is 6.48. The van der Waals surface area contributed by atoms with E-state index in [9.17, 15) is 13.2 Å². The van der Waals surface area contributed by atoms with Crippen molar-refractivity contribution >= 4 is 5.96 Å². The molecule has 2 aromatic rings. The van der Waals surface area contributed by atoms with Crippen LogP contribution in [0.4, 0.5) is 13.2 Å². The number of likely N-dealkylation sites (tertiary alicyclic amines) is 1. The molecule has 0 saturated carbocycles. The summed E-state index contributed by atoms with van der Waals surface area (Å²) in [5.41, 5.74) is 1.14. The van der Waals surface area contributed by atoms with Gasteiger partial charge in [-0.15, -0.1) is 0 Å². The van der Waals surface area contributed by atoms with E-state index in [1.165, 1.54) is 17.7 Å². The van der Waals surface area contributed by atoms with Crippen molar-refractivity contribution in [2.24, 2.45) is 12.0 Å².